The quantitative estimate of drug-likeness (QED) is 0.252. The van der Waals surface area contributed by atoms with E-state index in [1.807, 2.05) is 90.9 Å². The van der Waals surface area contributed by atoms with E-state index in [4.69, 9.17) is 26.4 Å². The molecular weight excluding hydrogens is 520 g/mol. The van der Waals surface area contributed by atoms with Crippen LogP contribution in [-0.2, 0) is 4.79 Å². The summed E-state index contributed by atoms with van der Waals surface area (Å²) in [6.45, 7) is 4.05. The van der Waals surface area contributed by atoms with E-state index in [0.717, 1.165) is 38.0 Å². The zero-order valence-electron chi connectivity index (χ0n) is 20.6. The van der Waals surface area contributed by atoms with E-state index in [1.165, 1.54) is 18.3 Å². The van der Waals surface area contributed by atoms with Gasteiger partial charge >= 0.3 is 0 Å². The van der Waals surface area contributed by atoms with Crippen molar-refractivity contribution >= 4 is 72.2 Å². The second-order valence-corrected chi connectivity index (χ2v) is 10.0. The van der Waals surface area contributed by atoms with Crippen LogP contribution in [0.15, 0.2) is 84.0 Å². The van der Waals surface area contributed by atoms with Crippen LogP contribution in [0.3, 0.4) is 0 Å². The number of hydrogen-bond acceptors (Lipinski definition) is 8. The predicted molar refractivity (Wildman–Crippen MR) is 155 cm³/mol. The number of carbonyl (C=O) groups excluding carboxylic acids is 1. The van der Waals surface area contributed by atoms with E-state index in [9.17, 15) is 4.79 Å². The minimum atomic E-state index is -0.121. The number of hydrazine groups is 2. The van der Waals surface area contributed by atoms with Gasteiger partial charge in [0.1, 0.15) is 5.75 Å². The van der Waals surface area contributed by atoms with Crippen LogP contribution in [0.25, 0.3) is 21.0 Å². The van der Waals surface area contributed by atoms with Gasteiger partial charge in [-0.05, 0) is 61.5 Å². The monoisotopic (exact) mass is 542 g/mol. The molecule has 1 aromatic heterocycles. The third-order valence-corrected chi connectivity index (χ3v) is 7.30. The van der Waals surface area contributed by atoms with Gasteiger partial charge in [-0.3, -0.25) is 10.2 Å². The van der Waals surface area contributed by atoms with Crippen molar-refractivity contribution in [1.82, 2.24) is 10.4 Å². The van der Waals surface area contributed by atoms with Gasteiger partial charge < -0.3 is 10.1 Å². The summed E-state index contributed by atoms with van der Waals surface area (Å²) in [6.07, 6.45) is 0. The molecule has 8 nitrogen and oxygen atoms in total. The molecule has 0 saturated heterocycles. The molecule has 2 N–H and O–H groups in total. The number of carbonyl (C=O) groups is 1. The number of thiazole rings is 1. The SMILES string of the molecule is CCOc1ccc2nc(N3NC(c4ccc(NC(C)=O)cc4)=NN3c3ccc(Cl)c4ccccc34)sc2c1. The molecule has 0 saturated carbocycles. The Morgan fingerprint density at radius 2 is 1.84 bits per heavy atom. The smallest absolute Gasteiger partial charge is 0.228 e. The molecule has 6 rings (SSSR count). The van der Waals surface area contributed by atoms with Crippen molar-refractivity contribution in [2.24, 2.45) is 5.10 Å². The minimum Gasteiger partial charge on any atom is -0.494 e. The highest BCUT2D eigenvalue weighted by Crippen LogP contribution is 2.38. The lowest BCUT2D eigenvalue weighted by Crippen LogP contribution is -2.44. The van der Waals surface area contributed by atoms with Gasteiger partial charge in [0.25, 0.3) is 0 Å². The van der Waals surface area contributed by atoms with Crippen molar-refractivity contribution in [3.05, 3.63) is 89.4 Å². The molecule has 2 heterocycles. The first kappa shape index (κ1) is 24.0. The minimum absolute atomic E-state index is 0.121. The highest BCUT2D eigenvalue weighted by atomic mass is 35.5. The number of fused-ring (bicyclic) bond motifs is 2. The largest absolute Gasteiger partial charge is 0.494 e. The predicted octanol–water partition coefficient (Wildman–Crippen LogP) is 6.57. The second kappa shape index (κ2) is 9.85. The third-order valence-electron chi connectivity index (χ3n) is 5.98. The molecule has 5 aromatic rings. The summed E-state index contributed by atoms with van der Waals surface area (Å²) in [5, 5.41) is 14.6. The first-order valence-electron chi connectivity index (χ1n) is 12.0. The molecule has 0 radical (unpaired) electrons. The van der Waals surface area contributed by atoms with Gasteiger partial charge in [0.2, 0.25) is 11.0 Å². The highest BCUT2D eigenvalue weighted by molar-refractivity contribution is 7.22. The summed E-state index contributed by atoms with van der Waals surface area (Å²) < 4.78 is 6.69. The molecule has 0 aliphatic carbocycles. The topological polar surface area (TPSA) is 82.1 Å². The first-order valence-corrected chi connectivity index (χ1v) is 13.2. The fraction of sp³-hybridized carbons (Fsp3) is 0.107. The lowest BCUT2D eigenvalue weighted by atomic mass is 10.1. The van der Waals surface area contributed by atoms with E-state index in [0.29, 0.717) is 28.3 Å². The number of amides is 1. The van der Waals surface area contributed by atoms with Crippen LogP contribution in [-0.4, -0.2) is 23.3 Å². The molecule has 1 amide bonds. The number of benzene rings is 4. The Bertz CT molecular complexity index is 1700. The Hall–Kier alpha value is -4.34. The van der Waals surface area contributed by atoms with Crippen molar-refractivity contribution in [3.63, 3.8) is 0 Å². The van der Waals surface area contributed by atoms with E-state index >= 15 is 0 Å². The highest BCUT2D eigenvalue weighted by Gasteiger charge is 2.30. The Morgan fingerprint density at radius 1 is 1.05 bits per heavy atom. The Morgan fingerprint density at radius 3 is 2.61 bits per heavy atom. The zero-order chi connectivity index (χ0) is 26.2. The molecular formula is C28H23ClN6O2S. The maximum atomic E-state index is 11.4. The van der Waals surface area contributed by atoms with Gasteiger partial charge in [-0.15, -0.1) is 15.3 Å². The summed E-state index contributed by atoms with van der Waals surface area (Å²) in [7, 11) is 0. The standard InChI is InChI=1S/C28H23ClN6O2S/c1-3-37-20-12-14-24-26(16-20)38-28(31-24)35-33-27(18-8-10-19(11-9-18)30-17(2)36)32-34(35)25-15-13-23(29)21-6-4-5-7-22(21)25/h4-16H,3H2,1-2H3,(H,30,36)(H,32,33). The normalized spacial score (nSPS) is 13.1. The molecule has 4 aromatic carbocycles. The summed E-state index contributed by atoms with van der Waals surface area (Å²) in [5.74, 6) is 1.32. The molecule has 38 heavy (non-hydrogen) atoms. The molecule has 0 bridgehead atoms. The van der Waals surface area contributed by atoms with Crippen LogP contribution >= 0.6 is 22.9 Å². The number of amidine groups is 1. The molecule has 0 spiro atoms. The van der Waals surface area contributed by atoms with Gasteiger partial charge in [0.05, 0.1) is 22.5 Å². The summed E-state index contributed by atoms with van der Waals surface area (Å²) >= 11 is 8.05. The Labute approximate surface area is 228 Å². The van der Waals surface area contributed by atoms with E-state index in [1.54, 1.807) is 5.12 Å². The zero-order valence-corrected chi connectivity index (χ0v) is 22.2. The van der Waals surface area contributed by atoms with Crippen LogP contribution < -0.4 is 25.7 Å². The second-order valence-electron chi connectivity index (χ2n) is 8.59. The van der Waals surface area contributed by atoms with Gasteiger partial charge in [0, 0.05) is 34.0 Å². The first-order chi connectivity index (χ1) is 18.5. The van der Waals surface area contributed by atoms with Crippen LogP contribution in [0.4, 0.5) is 16.5 Å². The Balaban J connectivity index is 1.44. The molecule has 0 unspecified atom stereocenters. The van der Waals surface area contributed by atoms with Gasteiger partial charge in [-0.1, -0.05) is 47.2 Å². The molecule has 0 atom stereocenters. The third kappa shape index (κ3) is 4.46. The number of rotatable bonds is 6. The van der Waals surface area contributed by atoms with E-state index in [2.05, 4.69) is 10.7 Å². The van der Waals surface area contributed by atoms with Gasteiger partial charge in [0.15, 0.2) is 5.84 Å². The number of anilines is 3. The molecule has 190 valence electrons. The van der Waals surface area contributed by atoms with Crippen LogP contribution in [0, 0.1) is 0 Å². The van der Waals surface area contributed by atoms with Crippen LogP contribution in [0.5, 0.6) is 5.75 Å². The average Bonchev–Trinajstić information content (AvgIpc) is 3.54. The number of nitrogens with one attached hydrogen (secondary N) is 2. The summed E-state index contributed by atoms with van der Waals surface area (Å²) in [5.41, 5.74) is 6.69. The summed E-state index contributed by atoms with van der Waals surface area (Å²) in [4.78, 5) is 16.3. The number of hydrogen-bond donors (Lipinski definition) is 2. The molecule has 0 fully saturated rings. The lowest BCUT2D eigenvalue weighted by Gasteiger charge is -2.26. The van der Waals surface area contributed by atoms with Gasteiger partial charge in [-0.25, -0.2) is 4.98 Å². The maximum absolute atomic E-state index is 11.4. The average molecular weight is 543 g/mol. The van der Waals surface area contributed by atoms with Crippen molar-refractivity contribution in [2.75, 3.05) is 22.2 Å². The van der Waals surface area contributed by atoms with Crippen molar-refractivity contribution in [1.29, 1.82) is 0 Å². The van der Waals surface area contributed by atoms with Gasteiger partial charge in [-0.2, -0.15) is 0 Å². The number of halogens is 1. The number of nitrogens with zero attached hydrogens (tertiary/aromatic N) is 4. The Kier molecular flexibility index (Phi) is 6.22. The molecule has 10 heteroatoms. The number of hydrazone groups is 1. The van der Waals surface area contributed by atoms with Crippen molar-refractivity contribution < 1.29 is 9.53 Å². The van der Waals surface area contributed by atoms with E-state index in [-0.39, 0.29) is 5.91 Å². The fourth-order valence-electron chi connectivity index (χ4n) is 4.30. The van der Waals surface area contributed by atoms with Crippen LogP contribution in [0.2, 0.25) is 5.02 Å². The summed E-state index contributed by atoms with van der Waals surface area (Å²) in [6, 6.07) is 25.2. The number of aromatic nitrogens is 1. The lowest BCUT2D eigenvalue weighted by molar-refractivity contribution is -0.114. The maximum Gasteiger partial charge on any atom is 0.228 e. The van der Waals surface area contributed by atoms with E-state index < -0.39 is 0 Å². The van der Waals surface area contributed by atoms with Crippen molar-refractivity contribution in [3.8, 4) is 5.75 Å². The molecule has 1 aliphatic rings. The fourth-order valence-corrected chi connectivity index (χ4v) is 5.47. The van der Waals surface area contributed by atoms with Crippen molar-refractivity contribution in [2.45, 2.75) is 13.8 Å². The molecule has 1 aliphatic heterocycles. The number of ether oxygens (including phenoxy) is 1. The van der Waals surface area contributed by atoms with Crippen LogP contribution in [0.1, 0.15) is 19.4 Å².